The summed E-state index contributed by atoms with van der Waals surface area (Å²) in [5.41, 5.74) is 2.72. The van der Waals surface area contributed by atoms with Crippen LogP contribution in [0.25, 0.3) is 11.3 Å². The highest BCUT2D eigenvalue weighted by Gasteiger charge is 2.31. The number of benzene rings is 2. The lowest BCUT2D eigenvalue weighted by atomic mass is 9.98. The number of carbonyl (C=O) groups is 1. The second-order valence-electron chi connectivity index (χ2n) is 8.24. The zero-order valence-electron chi connectivity index (χ0n) is 18.6. The number of piperidine rings is 1. The second kappa shape index (κ2) is 10.0. The van der Waals surface area contributed by atoms with Crippen molar-refractivity contribution in [1.29, 1.82) is 0 Å². The number of hydrogen-bond donors (Lipinski definition) is 0. The topological polar surface area (TPSA) is 49.3 Å². The predicted octanol–water partition coefficient (Wildman–Crippen LogP) is 5.25. The molecule has 2 heterocycles. The number of amides is 1. The van der Waals surface area contributed by atoms with Gasteiger partial charge in [-0.25, -0.2) is 9.37 Å². The van der Waals surface area contributed by atoms with Gasteiger partial charge >= 0.3 is 0 Å². The molecular formula is C26H29FN4O. The maximum Gasteiger partial charge on any atom is 0.228 e. The van der Waals surface area contributed by atoms with E-state index in [1.165, 1.54) is 17.7 Å². The molecule has 0 bridgehead atoms. The summed E-state index contributed by atoms with van der Waals surface area (Å²) < 4.78 is 13.3. The van der Waals surface area contributed by atoms with E-state index in [0.717, 1.165) is 31.5 Å². The third kappa shape index (κ3) is 4.86. The molecule has 0 radical (unpaired) electrons. The van der Waals surface area contributed by atoms with Crippen LogP contribution < -0.4 is 4.90 Å². The number of hydrogen-bond acceptors (Lipinski definition) is 4. The van der Waals surface area contributed by atoms with E-state index in [4.69, 9.17) is 4.98 Å². The van der Waals surface area contributed by atoms with Crippen LogP contribution in [0.4, 0.5) is 10.2 Å². The Morgan fingerprint density at radius 2 is 1.78 bits per heavy atom. The maximum absolute atomic E-state index is 13.3. The highest BCUT2D eigenvalue weighted by Crippen LogP contribution is 2.29. The molecule has 1 aromatic heterocycles. The lowest BCUT2D eigenvalue weighted by molar-refractivity contribution is -0.119. The van der Waals surface area contributed by atoms with Gasteiger partial charge in [0.1, 0.15) is 5.82 Å². The molecule has 1 unspecified atom stereocenters. The van der Waals surface area contributed by atoms with Crippen LogP contribution in [0.1, 0.15) is 44.7 Å². The summed E-state index contributed by atoms with van der Waals surface area (Å²) in [6.45, 7) is 5.94. The maximum atomic E-state index is 13.3. The first kappa shape index (κ1) is 22.1. The van der Waals surface area contributed by atoms with Crippen LogP contribution in [-0.2, 0) is 4.79 Å². The normalized spacial score (nSPS) is 16.0. The highest BCUT2D eigenvalue weighted by molar-refractivity contribution is 5.93. The fourth-order valence-electron chi connectivity index (χ4n) is 4.39. The fraction of sp³-hybridized carbons (Fsp3) is 0.346. The Morgan fingerprint density at radius 3 is 2.44 bits per heavy atom. The lowest BCUT2D eigenvalue weighted by Crippen LogP contribution is -2.48. The van der Waals surface area contributed by atoms with E-state index in [1.54, 1.807) is 24.5 Å². The first-order chi connectivity index (χ1) is 15.6. The van der Waals surface area contributed by atoms with E-state index < -0.39 is 0 Å². The molecule has 1 aliphatic heterocycles. The fourth-order valence-corrected chi connectivity index (χ4v) is 4.39. The SMILES string of the molecule is CCC(=O)N(c1cncc(-c2ccc(F)cc2)n1)C1CCN(C(C)c2ccccc2)CC1. The van der Waals surface area contributed by atoms with Crippen molar-refractivity contribution in [3.63, 3.8) is 0 Å². The van der Waals surface area contributed by atoms with E-state index in [1.807, 2.05) is 17.9 Å². The average Bonchev–Trinajstić information content (AvgIpc) is 2.85. The molecule has 0 aliphatic carbocycles. The summed E-state index contributed by atoms with van der Waals surface area (Å²) in [6, 6.07) is 17.1. The summed E-state index contributed by atoms with van der Waals surface area (Å²) in [6.07, 6.45) is 5.47. The molecule has 32 heavy (non-hydrogen) atoms. The average molecular weight is 433 g/mol. The molecule has 4 rings (SSSR count). The Balaban J connectivity index is 1.52. The Morgan fingerprint density at radius 1 is 1.09 bits per heavy atom. The van der Waals surface area contributed by atoms with Gasteiger partial charge in [-0.3, -0.25) is 19.6 Å². The molecule has 6 heteroatoms. The number of aromatic nitrogens is 2. The molecule has 1 amide bonds. The van der Waals surface area contributed by atoms with Gasteiger partial charge < -0.3 is 0 Å². The third-order valence-electron chi connectivity index (χ3n) is 6.27. The van der Waals surface area contributed by atoms with Crippen LogP contribution in [0.5, 0.6) is 0 Å². The van der Waals surface area contributed by atoms with Gasteiger partial charge in [0, 0.05) is 37.2 Å². The summed E-state index contributed by atoms with van der Waals surface area (Å²) in [4.78, 5) is 26.3. The second-order valence-corrected chi connectivity index (χ2v) is 8.24. The van der Waals surface area contributed by atoms with E-state index in [9.17, 15) is 9.18 Å². The molecular weight excluding hydrogens is 403 g/mol. The van der Waals surface area contributed by atoms with Crippen molar-refractivity contribution in [2.45, 2.75) is 45.2 Å². The largest absolute Gasteiger partial charge is 0.296 e. The van der Waals surface area contributed by atoms with Crippen molar-refractivity contribution in [3.05, 3.63) is 78.4 Å². The molecule has 0 saturated carbocycles. The number of anilines is 1. The van der Waals surface area contributed by atoms with Gasteiger partial charge in [-0.2, -0.15) is 0 Å². The minimum absolute atomic E-state index is 0.0464. The molecule has 1 saturated heterocycles. The van der Waals surface area contributed by atoms with Crippen LogP contribution in [0.15, 0.2) is 67.0 Å². The highest BCUT2D eigenvalue weighted by atomic mass is 19.1. The number of carbonyl (C=O) groups excluding carboxylic acids is 1. The van der Waals surface area contributed by atoms with Crippen LogP contribution in [-0.4, -0.2) is 39.9 Å². The van der Waals surface area contributed by atoms with Crippen molar-refractivity contribution in [2.75, 3.05) is 18.0 Å². The summed E-state index contributed by atoms with van der Waals surface area (Å²) in [5.74, 6) is 0.315. The van der Waals surface area contributed by atoms with Crippen molar-refractivity contribution >= 4 is 11.7 Å². The molecule has 0 N–H and O–H groups in total. The Labute approximate surface area is 188 Å². The van der Waals surface area contributed by atoms with Gasteiger partial charge in [0.15, 0.2) is 5.82 Å². The molecule has 3 aromatic rings. The van der Waals surface area contributed by atoms with Gasteiger partial charge in [-0.05, 0) is 49.6 Å². The van der Waals surface area contributed by atoms with Gasteiger partial charge in [-0.15, -0.1) is 0 Å². The number of rotatable bonds is 6. The van der Waals surface area contributed by atoms with Crippen LogP contribution >= 0.6 is 0 Å². The quantitative estimate of drug-likeness (QED) is 0.534. The third-order valence-corrected chi connectivity index (χ3v) is 6.27. The number of nitrogens with zero attached hydrogens (tertiary/aromatic N) is 4. The Hall–Kier alpha value is -3.12. The van der Waals surface area contributed by atoms with Crippen molar-refractivity contribution < 1.29 is 9.18 Å². The smallest absolute Gasteiger partial charge is 0.228 e. The molecule has 0 spiro atoms. The van der Waals surface area contributed by atoms with E-state index >= 15 is 0 Å². The first-order valence-electron chi connectivity index (χ1n) is 11.3. The summed E-state index contributed by atoms with van der Waals surface area (Å²) in [5, 5.41) is 0. The standard InChI is InChI=1S/C26H29FN4O/c1-3-26(32)31(25-18-28-17-24(29-25)21-9-11-22(27)12-10-21)23-13-15-30(16-14-23)19(2)20-7-5-4-6-8-20/h4-12,17-19,23H,3,13-16H2,1-2H3. The van der Waals surface area contributed by atoms with Gasteiger partial charge in [-0.1, -0.05) is 37.3 Å². The molecule has 1 atom stereocenters. The zero-order chi connectivity index (χ0) is 22.5. The lowest BCUT2D eigenvalue weighted by Gasteiger charge is -2.40. The summed E-state index contributed by atoms with van der Waals surface area (Å²) in [7, 11) is 0. The van der Waals surface area contributed by atoms with Crippen molar-refractivity contribution in [2.24, 2.45) is 0 Å². The van der Waals surface area contributed by atoms with Crippen LogP contribution in [0.2, 0.25) is 0 Å². The Bertz CT molecular complexity index is 1030. The predicted molar refractivity (Wildman–Crippen MR) is 125 cm³/mol. The van der Waals surface area contributed by atoms with Gasteiger partial charge in [0.25, 0.3) is 0 Å². The number of likely N-dealkylation sites (tertiary alicyclic amines) is 1. The van der Waals surface area contributed by atoms with Crippen molar-refractivity contribution in [3.8, 4) is 11.3 Å². The molecule has 1 fully saturated rings. The molecule has 166 valence electrons. The van der Waals surface area contributed by atoms with E-state index in [0.29, 0.717) is 24.0 Å². The molecule has 5 nitrogen and oxygen atoms in total. The van der Waals surface area contributed by atoms with E-state index in [2.05, 4.69) is 41.1 Å². The minimum atomic E-state index is -0.294. The van der Waals surface area contributed by atoms with Crippen molar-refractivity contribution in [1.82, 2.24) is 14.9 Å². The van der Waals surface area contributed by atoms with E-state index in [-0.39, 0.29) is 17.8 Å². The van der Waals surface area contributed by atoms with Gasteiger partial charge in [0.05, 0.1) is 18.1 Å². The molecule has 1 aliphatic rings. The van der Waals surface area contributed by atoms with Crippen LogP contribution in [0.3, 0.4) is 0 Å². The zero-order valence-corrected chi connectivity index (χ0v) is 18.6. The monoisotopic (exact) mass is 432 g/mol. The summed E-state index contributed by atoms with van der Waals surface area (Å²) >= 11 is 0. The number of halogens is 1. The first-order valence-corrected chi connectivity index (χ1v) is 11.3. The molecule has 2 aromatic carbocycles. The van der Waals surface area contributed by atoms with Crippen LogP contribution in [0, 0.1) is 5.82 Å². The van der Waals surface area contributed by atoms with Gasteiger partial charge in [0.2, 0.25) is 5.91 Å². The Kier molecular flexibility index (Phi) is 6.90. The minimum Gasteiger partial charge on any atom is -0.296 e.